The average Bonchev–Trinajstić information content (AvgIpc) is 2.11. The zero-order chi connectivity index (χ0) is 8.65. The average molecular weight is 172 g/mol. The third-order valence-corrected chi connectivity index (χ3v) is 2.91. The minimum atomic E-state index is -1.65. The van der Waals surface area contributed by atoms with E-state index in [0.717, 1.165) is 0 Å². The molecule has 0 fully saturated rings. The van der Waals surface area contributed by atoms with Crippen LogP contribution in [-0.4, -0.2) is 27.7 Å². The van der Waals surface area contributed by atoms with Crippen molar-refractivity contribution in [2.75, 3.05) is 0 Å². The van der Waals surface area contributed by atoms with E-state index in [1.807, 2.05) is 19.6 Å². The van der Waals surface area contributed by atoms with E-state index in [-0.39, 0.29) is 5.69 Å². The fraction of sp³-hybridized carbons (Fsp3) is 0.800. The van der Waals surface area contributed by atoms with E-state index in [2.05, 4.69) is 10.4 Å². The van der Waals surface area contributed by atoms with Gasteiger partial charge in [-0.1, -0.05) is 5.21 Å². The Morgan fingerprint density at radius 1 is 1.27 bits per heavy atom. The molecule has 0 saturated heterocycles. The summed E-state index contributed by atoms with van der Waals surface area (Å²) in [6, 6.07) is 0. The van der Waals surface area contributed by atoms with Crippen LogP contribution in [0.1, 0.15) is 0 Å². The molecule has 11 heavy (non-hydrogen) atoms. The van der Waals surface area contributed by atoms with E-state index in [1.54, 1.807) is 7.05 Å². The molecule has 6 heteroatoms. The Morgan fingerprint density at radius 3 is 2.00 bits per heavy atom. The van der Waals surface area contributed by atoms with Crippen molar-refractivity contribution in [3.8, 4) is 0 Å². The molecule has 5 nitrogen and oxygen atoms in total. The lowest BCUT2D eigenvalue weighted by Gasteiger charge is -2.12. The van der Waals surface area contributed by atoms with Crippen molar-refractivity contribution in [3.05, 3.63) is 10.5 Å². The lowest BCUT2D eigenvalue weighted by Crippen LogP contribution is -2.42. The molecule has 0 bridgehead atoms. The monoisotopic (exact) mass is 172 g/mol. The van der Waals surface area contributed by atoms with E-state index in [1.165, 1.54) is 9.03 Å². The molecule has 0 aliphatic heterocycles. The molecular weight excluding hydrogens is 160 g/mol. The Labute approximate surface area is 65.7 Å². The number of aryl methyl sites for hydroxylation is 1. The Morgan fingerprint density at radius 2 is 1.82 bits per heavy atom. The minimum absolute atomic E-state index is 0.121. The van der Waals surface area contributed by atoms with E-state index in [9.17, 15) is 4.79 Å². The molecule has 0 spiro atoms. The highest BCUT2D eigenvalue weighted by atomic mass is 28.3. The van der Waals surface area contributed by atoms with Crippen molar-refractivity contribution in [3.63, 3.8) is 0 Å². The molecule has 1 aromatic rings. The predicted molar refractivity (Wildman–Crippen MR) is 44.0 cm³/mol. The molecule has 62 valence electrons. The summed E-state index contributed by atoms with van der Waals surface area (Å²) in [6.45, 7) is 6.13. The normalized spacial score (nSPS) is 12.0. The maximum atomic E-state index is 11.3. The van der Waals surface area contributed by atoms with Crippen molar-refractivity contribution >= 4 is 8.24 Å². The molecule has 0 aliphatic carbocycles. The Kier molecular flexibility index (Phi) is 1.71. The molecule has 0 atom stereocenters. The second-order valence-electron chi connectivity index (χ2n) is 3.47. The fourth-order valence-electron chi connectivity index (χ4n) is 0.735. The first-order valence-electron chi connectivity index (χ1n) is 3.42. The highest BCUT2D eigenvalue weighted by Crippen LogP contribution is 1.97. The van der Waals surface area contributed by atoms with Gasteiger partial charge in [0.15, 0.2) is 8.24 Å². The molecule has 0 amide bonds. The van der Waals surface area contributed by atoms with Gasteiger partial charge in [-0.25, -0.2) is 9.14 Å². The number of hydrogen-bond acceptors (Lipinski definition) is 3. The number of tetrazole rings is 1. The standard InChI is InChI=1S/C5H12N4OSi/c1-8-5(10)9(7-6-8)11(2,3)4/h1-4H3. The van der Waals surface area contributed by atoms with Gasteiger partial charge in [-0.3, -0.25) is 0 Å². The second kappa shape index (κ2) is 2.30. The largest absolute Gasteiger partial charge is 0.354 e. The zero-order valence-corrected chi connectivity index (χ0v) is 8.20. The summed E-state index contributed by atoms with van der Waals surface area (Å²) in [5, 5.41) is 7.40. The van der Waals surface area contributed by atoms with E-state index in [4.69, 9.17) is 0 Å². The summed E-state index contributed by atoms with van der Waals surface area (Å²) in [4.78, 5) is 11.3. The van der Waals surface area contributed by atoms with E-state index < -0.39 is 8.24 Å². The van der Waals surface area contributed by atoms with Crippen molar-refractivity contribution in [1.29, 1.82) is 0 Å². The minimum Gasteiger partial charge on any atom is -0.245 e. The molecular formula is C5H12N4OSi. The van der Waals surface area contributed by atoms with Crippen LogP contribution in [0, 0.1) is 0 Å². The van der Waals surface area contributed by atoms with Crippen LogP contribution < -0.4 is 5.69 Å². The highest BCUT2D eigenvalue weighted by molar-refractivity contribution is 6.74. The summed E-state index contributed by atoms with van der Waals surface area (Å²) in [7, 11) is -0.0442. The first-order chi connectivity index (χ1) is 4.93. The van der Waals surface area contributed by atoms with Gasteiger partial charge >= 0.3 is 5.69 Å². The third-order valence-electron chi connectivity index (χ3n) is 1.36. The maximum absolute atomic E-state index is 11.3. The molecule has 1 rings (SSSR count). The van der Waals surface area contributed by atoms with Crippen molar-refractivity contribution < 1.29 is 0 Å². The number of hydrogen-bond donors (Lipinski definition) is 0. The van der Waals surface area contributed by atoms with Gasteiger partial charge in [0.25, 0.3) is 0 Å². The van der Waals surface area contributed by atoms with Gasteiger partial charge in [0.2, 0.25) is 0 Å². The van der Waals surface area contributed by atoms with Gasteiger partial charge in [0.05, 0.1) is 0 Å². The number of aromatic nitrogens is 4. The molecule has 0 aromatic carbocycles. The van der Waals surface area contributed by atoms with Gasteiger partial charge in [-0.05, 0) is 24.9 Å². The van der Waals surface area contributed by atoms with Crippen LogP contribution in [0.15, 0.2) is 4.79 Å². The summed E-state index contributed by atoms with van der Waals surface area (Å²) in [6.07, 6.45) is 0. The lowest BCUT2D eigenvalue weighted by atomic mass is 11.2. The molecule has 0 aliphatic rings. The van der Waals surface area contributed by atoms with Crippen LogP contribution in [0.5, 0.6) is 0 Å². The summed E-state index contributed by atoms with van der Waals surface area (Å²) in [5.41, 5.74) is -0.121. The summed E-state index contributed by atoms with van der Waals surface area (Å²) >= 11 is 0. The summed E-state index contributed by atoms with van der Waals surface area (Å²) < 4.78 is 2.74. The van der Waals surface area contributed by atoms with Gasteiger partial charge in [0.1, 0.15) is 0 Å². The molecule has 0 saturated carbocycles. The van der Waals surface area contributed by atoms with Gasteiger partial charge < -0.3 is 0 Å². The van der Waals surface area contributed by atoms with E-state index >= 15 is 0 Å². The number of rotatable bonds is 1. The second-order valence-corrected chi connectivity index (χ2v) is 8.23. The maximum Gasteiger partial charge on any atom is 0.354 e. The molecule has 0 unspecified atom stereocenters. The van der Waals surface area contributed by atoms with Crippen molar-refractivity contribution in [2.45, 2.75) is 19.6 Å². The van der Waals surface area contributed by atoms with Crippen LogP contribution in [0.4, 0.5) is 0 Å². The van der Waals surface area contributed by atoms with Gasteiger partial charge in [-0.15, -0.1) is 0 Å². The van der Waals surface area contributed by atoms with Crippen LogP contribution in [0.2, 0.25) is 19.6 Å². The molecule has 1 heterocycles. The van der Waals surface area contributed by atoms with Crippen molar-refractivity contribution in [2.24, 2.45) is 7.05 Å². The molecule has 1 aromatic heterocycles. The SMILES string of the molecule is Cn1nnn([Si](C)(C)C)c1=O. The quantitative estimate of drug-likeness (QED) is 0.545. The van der Waals surface area contributed by atoms with Crippen LogP contribution in [0.3, 0.4) is 0 Å². The number of nitrogens with zero attached hydrogens (tertiary/aromatic N) is 4. The van der Waals surface area contributed by atoms with Crippen LogP contribution >= 0.6 is 0 Å². The third kappa shape index (κ3) is 1.40. The fourth-order valence-corrected chi connectivity index (χ4v) is 1.76. The zero-order valence-electron chi connectivity index (χ0n) is 7.20. The predicted octanol–water partition coefficient (Wildman–Crippen LogP) is -0.340. The van der Waals surface area contributed by atoms with Gasteiger partial charge in [-0.2, -0.15) is 4.68 Å². The van der Waals surface area contributed by atoms with Crippen LogP contribution in [0.25, 0.3) is 0 Å². The first kappa shape index (κ1) is 8.19. The van der Waals surface area contributed by atoms with E-state index in [0.29, 0.717) is 0 Å². The smallest absolute Gasteiger partial charge is 0.245 e. The van der Waals surface area contributed by atoms with Gasteiger partial charge in [0, 0.05) is 7.05 Å². The Bertz CT molecular complexity index is 307. The molecule has 0 N–H and O–H groups in total. The Balaban J connectivity index is 3.27. The molecule has 0 radical (unpaired) electrons. The van der Waals surface area contributed by atoms with Crippen LogP contribution in [-0.2, 0) is 7.05 Å². The van der Waals surface area contributed by atoms with Crippen molar-refractivity contribution in [1.82, 2.24) is 19.5 Å². The Hall–Kier alpha value is -0.913. The topological polar surface area (TPSA) is 52.7 Å². The summed E-state index contributed by atoms with van der Waals surface area (Å²) in [5.74, 6) is 0. The first-order valence-corrected chi connectivity index (χ1v) is 6.87. The lowest BCUT2D eigenvalue weighted by molar-refractivity contribution is 0.694. The highest BCUT2D eigenvalue weighted by Gasteiger charge is 2.21.